The molecule has 1 aliphatic heterocycles. The largest absolute Gasteiger partial charge is 0.419 e. The van der Waals surface area contributed by atoms with Crippen molar-refractivity contribution in [3.63, 3.8) is 0 Å². The van der Waals surface area contributed by atoms with Crippen LogP contribution in [-0.2, 0) is 13.6 Å². The van der Waals surface area contributed by atoms with Crippen molar-refractivity contribution >= 4 is 22.2 Å². The van der Waals surface area contributed by atoms with Gasteiger partial charge in [-0.2, -0.15) is 4.57 Å². The molecule has 0 amide bonds. The fraction of sp³-hybridized carbons (Fsp3) is 0.125. The first kappa shape index (κ1) is 10.2. The summed E-state index contributed by atoms with van der Waals surface area (Å²) in [5.74, 6) is 1.17. The Morgan fingerprint density at radius 1 is 1.20 bits per heavy atom. The number of aromatic nitrogens is 3. The molecule has 0 saturated heterocycles. The predicted molar refractivity (Wildman–Crippen MR) is 75.2 cm³/mol. The van der Waals surface area contributed by atoms with E-state index in [-0.39, 0.29) is 0 Å². The van der Waals surface area contributed by atoms with E-state index in [4.69, 9.17) is 4.42 Å². The number of rotatable bonds is 0. The lowest BCUT2D eigenvalue weighted by molar-refractivity contribution is -0.652. The van der Waals surface area contributed by atoms with E-state index in [1.54, 1.807) is 0 Å². The van der Waals surface area contributed by atoms with Gasteiger partial charge in [-0.15, -0.1) is 0 Å². The van der Waals surface area contributed by atoms with Crippen LogP contribution in [0.4, 0.5) is 0 Å². The van der Waals surface area contributed by atoms with E-state index in [2.05, 4.69) is 39.4 Å². The Balaban J connectivity index is 1.98. The first-order chi connectivity index (χ1) is 9.84. The first-order valence-corrected chi connectivity index (χ1v) is 6.68. The summed E-state index contributed by atoms with van der Waals surface area (Å²) < 4.78 is 10.5. The fourth-order valence-corrected chi connectivity index (χ4v) is 3.30. The molecule has 0 bridgehead atoms. The number of hydrogen-bond acceptors (Lipinski definition) is 2. The molecule has 0 N–H and O–H groups in total. The maximum Gasteiger partial charge on any atom is 0.339 e. The minimum absolute atomic E-state index is 0.780. The van der Waals surface area contributed by atoms with Crippen LogP contribution in [0.2, 0.25) is 0 Å². The van der Waals surface area contributed by atoms with Gasteiger partial charge in [0.1, 0.15) is 12.1 Å². The molecule has 4 nitrogen and oxygen atoms in total. The van der Waals surface area contributed by atoms with Crippen LogP contribution in [0.5, 0.6) is 0 Å². The number of benzene rings is 1. The Bertz CT molecular complexity index is 994. The number of aryl methyl sites for hydroxylation is 1. The number of pyridine rings is 1. The third kappa shape index (κ3) is 1.04. The van der Waals surface area contributed by atoms with Gasteiger partial charge < -0.3 is 4.42 Å². The van der Waals surface area contributed by atoms with Gasteiger partial charge in [-0.1, -0.05) is 12.1 Å². The number of imidazole rings is 1. The summed E-state index contributed by atoms with van der Waals surface area (Å²) in [6.45, 7) is 0.780. The Kier molecular flexibility index (Phi) is 1.67. The molecule has 0 unspecified atom stereocenters. The van der Waals surface area contributed by atoms with E-state index in [1.165, 1.54) is 11.4 Å². The SMILES string of the molecule is Cn1c2[n+](c3oc4ccccc4c31)Cc1ncccc1-2. The number of para-hydroxylation sites is 1. The molecule has 0 fully saturated rings. The molecule has 0 spiro atoms. The summed E-state index contributed by atoms with van der Waals surface area (Å²) in [6.07, 6.45) is 1.85. The lowest BCUT2D eigenvalue weighted by Gasteiger charge is -1.94. The average molecular weight is 262 g/mol. The third-order valence-corrected chi connectivity index (χ3v) is 4.14. The highest BCUT2D eigenvalue weighted by Crippen LogP contribution is 2.34. The third-order valence-electron chi connectivity index (χ3n) is 4.14. The van der Waals surface area contributed by atoms with Gasteiger partial charge in [0.05, 0.1) is 23.7 Å². The Morgan fingerprint density at radius 3 is 3.05 bits per heavy atom. The van der Waals surface area contributed by atoms with Crippen LogP contribution in [0.1, 0.15) is 5.69 Å². The zero-order chi connectivity index (χ0) is 13.3. The summed E-state index contributed by atoms with van der Waals surface area (Å²) >= 11 is 0. The second kappa shape index (κ2) is 3.28. The maximum atomic E-state index is 6.06. The zero-order valence-electron chi connectivity index (χ0n) is 11.0. The van der Waals surface area contributed by atoms with E-state index >= 15 is 0 Å². The molecule has 3 aromatic heterocycles. The van der Waals surface area contributed by atoms with Crippen LogP contribution in [-0.4, -0.2) is 9.55 Å². The molecule has 0 saturated carbocycles. The molecule has 96 valence electrons. The van der Waals surface area contributed by atoms with Gasteiger partial charge in [0.25, 0.3) is 5.82 Å². The highest BCUT2D eigenvalue weighted by molar-refractivity contribution is 6.01. The van der Waals surface area contributed by atoms with E-state index in [0.717, 1.165) is 34.4 Å². The van der Waals surface area contributed by atoms with Gasteiger partial charge in [0, 0.05) is 6.20 Å². The Labute approximate surface area is 114 Å². The minimum Gasteiger partial charge on any atom is -0.419 e. The maximum absolute atomic E-state index is 6.06. The summed E-state index contributed by atoms with van der Waals surface area (Å²) in [5.41, 5.74) is 5.34. The molecule has 4 aromatic rings. The van der Waals surface area contributed by atoms with Crippen molar-refractivity contribution in [2.45, 2.75) is 6.54 Å². The Morgan fingerprint density at radius 2 is 2.10 bits per heavy atom. The first-order valence-electron chi connectivity index (χ1n) is 6.68. The van der Waals surface area contributed by atoms with E-state index in [1.807, 2.05) is 24.4 Å². The summed E-state index contributed by atoms with van der Waals surface area (Å²) in [5, 5.41) is 1.16. The fourth-order valence-electron chi connectivity index (χ4n) is 3.30. The monoisotopic (exact) mass is 262 g/mol. The summed E-state index contributed by atoms with van der Waals surface area (Å²) in [4.78, 5) is 4.47. The van der Waals surface area contributed by atoms with E-state index < -0.39 is 0 Å². The van der Waals surface area contributed by atoms with E-state index in [0.29, 0.717) is 0 Å². The normalized spacial score (nSPS) is 13.1. The van der Waals surface area contributed by atoms with Crippen molar-refractivity contribution in [1.29, 1.82) is 0 Å². The molecule has 4 heterocycles. The molecule has 0 atom stereocenters. The molecule has 1 aromatic carbocycles. The molecule has 0 aliphatic carbocycles. The number of hydrogen-bond donors (Lipinski definition) is 0. The molecule has 20 heavy (non-hydrogen) atoms. The summed E-state index contributed by atoms with van der Waals surface area (Å²) in [7, 11) is 2.10. The average Bonchev–Trinajstić information content (AvgIpc) is 3.10. The highest BCUT2D eigenvalue weighted by atomic mass is 16.3. The molecular formula is C16H12N3O+. The van der Waals surface area contributed by atoms with Gasteiger partial charge in [0.15, 0.2) is 0 Å². The van der Waals surface area contributed by atoms with Crippen LogP contribution >= 0.6 is 0 Å². The Hall–Kier alpha value is -2.62. The van der Waals surface area contributed by atoms with Gasteiger partial charge in [-0.25, -0.2) is 4.57 Å². The second-order valence-corrected chi connectivity index (χ2v) is 5.22. The number of nitrogens with zero attached hydrogens (tertiary/aromatic N) is 3. The highest BCUT2D eigenvalue weighted by Gasteiger charge is 2.36. The minimum atomic E-state index is 0.780. The molecule has 5 rings (SSSR count). The van der Waals surface area contributed by atoms with Crippen molar-refractivity contribution in [2.24, 2.45) is 7.05 Å². The van der Waals surface area contributed by atoms with Crippen molar-refractivity contribution < 1.29 is 8.98 Å². The van der Waals surface area contributed by atoms with Gasteiger partial charge in [-0.3, -0.25) is 4.98 Å². The predicted octanol–water partition coefficient (Wildman–Crippen LogP) is 2.64. The van der Waals surface area contributed by atoms with Crippen molar-refractivity contribution in [1.82, 2.24) is 9.55 Å². The molecule has 0 radical (unpaired) electrons. The second-order valence-electron chi connectivity index (χ2n) is 5.22. The zero-order valence-corrected chi connectivity index (χ0v) is 11.0. The van der Waals surface area contributed by atoms with Crippen LogP contribution in [0.15, 0.2) is 47.0 Å². The van der Waals surface area contributed by atoms with Crippen LogP contribution in [0.3, 0.4) is 0 Å². The van der Waals surface area contributed by atoms with Crippen LogP contribution < -0.4 is 4.57 Å². The lowest BCUT2D eigenvalue weighted by Crippen LogP contribution is -2.31. The number of furan rings is 1. The standard InChI is InChI=1S/C16H12N3O/c1-18-14-11-5-2-3-7-13(11)20-16(14)19-9-12-10(15(18)19)6-4-8-17-12/h2-8H,9H2,1H3/q+1. The van der Waals surface area contributed by atoms with Crippen LogP contribution in [0, 0.1) is 0 Å². The van der Waals surface area contributed by atoms with Crippen molar-refractivity contribution in [2.75, 3.05) is 0 Å². The van der Waals surface area contributed by atoms with Gasteiger partial charge in [0.2, 0.25) is 5.52 Å². The smallest absolute Gasteiger partial charge is 0.339 e. The molecule has 1 aliphatic rings. The quantitative estimate of drug-likeness (QED) is 0.402. The topological polar surface area (TPSA) is 34.8 Å². The summed E-state index contributed by atoms with van der Waals surface area (Å²) in [6, 6.07) is 12.3. The van der Waals surface area contributed by atoms with Gasteiger partial charge >= 0.3 is 5.71 Å². The van der Waals surface area contributed by atoms with E-state index in [9.17, 15) is 0 Å². The molecular weight excluding hydrogens is 250 g/mol. The lowest BCUT2D eigenvalue weighted by atomic mass is 10.2. The van der Waals surface area contributed by atoms with Gasteiger partial charge in [-0.05, 0) is 24.3 Å². The van der Waals surface area contributed by atoms with Crippen LogP contribution in [0.25, 0.3) is 33.6 Å². The number of fused-ring (bicyclic) bond motifs is 7. The van der Waals surface area contributed by atoms with Crippen molar-refractivity contribution in [3.05, 3.63) is 48.3 Å². The molecule has 4 heteroatoms. The van der Waals surface area contributed by atoms with Crippen molar-refractivity contribution in [3.8, 4) is 11.4 Å².